The minimum absolute atomic E-state index is 0.608. The van der Waals surface area contributed by atoms with Gasteiger partial charge in [0, 0.05) is 6.61 Å². The van der Waals surface area contributed by atoms with Crippen molar-refractivity contribution in [1.82, 2.24) is 0 Å². The Bertz CT molecular complexity index is 102. The summed E-state index contributed by atoms with van der Waals surface area (Å²) in [4.78, 5) is 0. The van der Waals surface area contributed by atoms with Gasteiger partial charge >= 0.3 is 0 Å². The first-order valence-corrected chi connectivity index (χ1v) is 4.30. The predicted molar refractivity (Wildman–Crippen MR) is 48.1 cm³/mol. The van der Waals surface area contributed by atoms with Gasteiger partial charge in [0.15, 0.2) is 0 Å². The van der Waals surface area contributed by atoms with Crippen molar-refractivity contribution in [3.8, 4) is 0 Å². The summed E-state index contributed by atoms with van der Waals surface area (Å²) in [6.07, 6.45) is 3.51. The van der Waals surface area contributed by atoms with E-state index in [1.807, 2.05) is 19.9 Å². The summed E-state index contributed by atoms with van der Waals surface area (Å²) in [6.45, 7) is 7.17. The van der Waals surface area contributed by atoms with Crippen molar-refractivity contribution in [2.24, 2.45) is 0 Å². The molecule has 72 valence electrons. The Balaban J connectivity index is 2.81. The molecule has 0 rings (SSSR count). The fraction of sp³-hybridized carbons (Fsp3) is 0.778. The molecule has 3 heteroatoms. The Labute approximate surface area is 74.3 Å². The number of hydrogen-bond acceptors (Lipinski definition) is 3. The topological polar surface area (TPSA) is 27.7 Å². The van der Waals surface area contributed by atoms with E-state index in [9.17, 15) is 0 Å². The first-order chi connectivity index (χ1) is 5.91. The third-order valence-electron chi connectivity index (χ3n) is 1.15. The van der Waals surface area contributed by atoms with Gasteiger partial charge < -0.3 is 14.2 Å². The summed E-state index contributed by atoms with van der Waals surface area (Å²) in [6, 6.07) is 0. The van der Waals surface area contributed by atoms with E-state index in [1.54, 1.807) is 6.26 Å². The Morgan fingerprint density at radius 3 is 2.33 bits per heavy atom. The average molecular weight is 174 g/mol. The van der Waals surface area contributed by atoms with Crippen LogP contribution >= 0.6 is 0 Å². The molecule has 0 amide bonds. The average Bonchev–Trinajstić information content (AvgIpc) is 2.10. The van der Waals surface area contributed by atoms with Crippen molar-refractivity contribution in [3.05, 3.63) is 12.3 Å². The van der Waals surface area contributed by atoms with Gasteiger partial charge in [-0.05, 0) is 13.8 Å². The van der Waals surface area contributed by atoms with Gasteiger partial charge in [0.05, 0.1) is 26.1 Å². The molecule has 0 radical (unpaired) electrons. The van der Waals surface area contributed by atoms with Crippen molar-refractivity contribution in [2.75, 3.05) is 33.0 Å². The maximum absolute atomic E-state index is 5.20. The van der Waals surface area contributed by atoms with Crippen molar-refractivity contribution in [3.63, 3.8) is 0 Å². The number of hydrogen-bond donors (Lipinski definition) is 0. The van der Waals surface area contributed by atoms with Crippen LogP contribution in [0.3, 0.4) is 0 Å². The Hall–Kier alpha value is -0.540. The van der Waals surface area contributed by atoms with Gasteiger partial charge in [0.25, 0.3) is 0 Å². The molecule has 0 aliphatic heterocycles. The summed E-state index contributed by atoms with van der Waals surface area (Å²) < 4.78 is 15.3. The lowest BCUT2D eigenvalue weighted by Gasteiger charge is -2.03. The highest BCUT2D eigenvalue weighted by Gasteiger charge is 1.87. The van der Waals surface area contributed by atoms with Crippen molar-refractivity contribution < 1.29 is 14.2 Å². The van der Waals surface area contributed by atoms with Gasteiger partial charge in [0.1, 0.15) is 6.61 Å². The zero-order chi connectivity index (χ0) is 9.07. The standard InChI is InChI=1S/C9H18O3/c1-3-5-11-8-9-12-7-6-10-4-2/h3,5H,4,6-9H2,1-2H3. The highest BCUT2D eigenvalue weighted by molar-refractivity contribution is 4.64. The van der Waals surface area contributed by atoms with E-state index in [0.717, 1.165) is 6.61 Å². The monoisotopic (exact) mass is 174 g/mol. The van der Waals surface area contributed by atoms with E-state index in [-0.39, 0.29) is 0 Å². The summed E-state index contributed by atoms with van der Waals surface area (Å²) in [5, 5.41) is 0. The summed E-state index contributed by atoms with van der Waals surface area (Å²) in [5.74, 6) is 0. The molecule has 0 aliphatic carbocycles. The zero-order valence-electron chi connectivity index (χ0n) is 7.91. The molecule has 0 aromatic heterocycles. The van der Waals surface area contributed by atoms with Crippen LogP contribution in [0.5, 0.6) is 0 Å². The Morgan fingerprint density at radius 2 is 1.67 bits per heavy atom. The largest absolute Gasteiger partial charge is 0.499 e. The van der Waals surface area contributed by atoms with Gasteiger partial charge in [-0.2, -0.15) is 0 Å². The molecule has 0 spiro atoms. The second kappa shape index (κ2) is 10.5. The molecule has 0 atom stereocenters. The van der Waals surface area contributed by atoms with Crippen LogP contribution in [-0.4, -0.2) is 33.0 Å². The van der Waals surface area contributed by atoms with Crippen LogP contribution in [0.15, 0.2) is 12.3 Å². The highest BCUT2D eigenvalue weighted by Crippen LogP contribution is 1.81. The summed E-state index contributed by atoms with van der Waals surface area (Å²) in [7, 11) is 0. The van der Waals surface area contributed by atoms with Crippen LogP contribution in [0.4, 0.5) is 0 Å². The smallest absolute Gasteiger partial charge is 0.111 e. The lowest BCUT2D eigenvalue weighted by Crippen LogP contribution is -2.07. The molecule has 0 saturated heterocycles. The third-order valence-corrected chi connectivity index (χ3v) is 1.15. The van der Waals surface area contributed by atoms with E-state index in [0.29, 0.717) is 26.4 Å². The maximum atomic E-state index is 5.20. The second-order valence-electron chi connectivity index (χ2n) is 2.15. The Morgan fingerprint density at radius 1 is 1.00 bits per heavy atom. The minimum Gasteiger partial charge on any atom is -0.499 e. The lowest BCUT2D eigenvalue weighted by atomic mass is 10.7. The maximum Gasteiger partial charge on any atom is 0.111 e. The first kappa shape index (κ1) is 11.5. The minimum atomic E-state index is 0.608. The van der Waals surface area contributed by atoms with Crippen LogP contribution in [-0.2, 0) is 14.2 Å². The van der Waals surface area contributed by atoms with Gasteiger partial charge in [-0.15, -0.1) is 0 Å². The second-order valence-corrected chi connectivity index (χ2v) is 2.15. The van der Waals surface area contributed by atoms with Crippen molar-refractivity contribution in [1.29, 1.82) is 0 Å². The molecular weight excluding hydrogens is 156 g/mol. The quantitative estimate of drug-likeness (QED) is 0.413. The molecule has 0 N–H and O–H groups in total. The molecular formula is C9H18O3. The van der Waals surface area contributed by atoms with E-state index >= 15 is 0 Å². The summed E-state index contributed by atoms with van der Waals surface area (Å²) in [5.41, 5.74) is 0. The highest BCUT2D eigenvalue weighted by atomic mass is 16.5. The SMILES string of the molecule is CC=COCCOCCOCC. The first-order valence-electron chi connectivity index (χ1n) is 4.30. The molecule has 0 bridgehead atoms. The zero-order valence-corrected chi connectivity index (χ0v) is 7.91. The van der Waals surface area contributed by atoms with E-state index in [2.05, 4.69) is 0 Å². The van der Waals surface area contributed by atoms with Crippen molar-refractivity contribution >= 4 is 0 Å². The van der Waals surface area contributed by atoms with Gasteiger partial charge in [-0.1, -0.05) is 6.08 Å². The van der Waals surface area contributed by atoms with Crippen LogP contribution in [0.25, 0.3) is 0 Å². The third kappa shape index (κ3) is 9.46. The number of ether oxygens (including phenoxy) is 3. The molecule has 0 aromatic carbocycles. The molecule has 0 heterocycles. The summed E-state index contributed by atoms with van der Waals surface area (Å²) >= 11 is 0. The fourth-order valence-corrected chi connectivity index (χ4v) is 0.636. The van der Waals surface area contributed by atoms with Gasteiger partial charge in [0.2, 0.25) is 0 Å². The molecule has 0 aromatic rings. The number of rotatable bonds is 8. The van der Waals surface area contributed by atoms with Crippen LogP contribution < -0.4 is 0 Å². The normalized spacial score (nSPS) is 10.8. The molecule has 0 saturated carbocycles. The van der Waals surface area contributed by atoms with Crippen molar-refractivity contribution in [2.45, 2.75) is 13.8 Å². The van der Waals surface area contributed by atoms with E-state index in [4.69, 9.17) is 14.2 Å². The van der Waals surface area contributed by atoms with Crippen LogP contribution in [0.2, 0.25) is 0 Å². The number of allylic oxidation sites excluding steroid dienone is 1. The molecule has 12 heavy (non-hydrogen) atoms. The molecule has 3 nitrogen and oxygen atoms in total. The molecule has 0 aliphatic rings. The van der Waals surface area contributed by atoms with Gasteiger partial charge in [-0.3, -0.25) is 0 Å². The van der Waals surface area contributed by atoms with E-state index in [1.165, 1.54) is 0 Å². The van der Waals surface area contributed by atoms with Crippen LogP contribution in [0.1, 0.15) is 13.8 Å². The molecule has 0 fully saturated rings. The predicted octanol–water partition coefficient (Wildman–Crippen LogP) is 1.59. The Kier molecular flexibility index (Phi) is 9.99. The lowest BCUT2D eigenvalue weighted by molar-refractivity contribution is 0.0342. The molecule has 0 unspecified atom stereocenters. The van der Waals surface area contributed by atoms with Crippen LogP contribution in [0, 0.1) is 0 Å². The fourth-order valence-electron chi connectivity index (χ4n) is 0.636. The van der Waals surface area contributed by atoms with Gasteiger partial charge in [-0.25, -0.2) is 0 Å². The van der Waals surface area contributed by atoms with E-state index < -0.39 is 0 Å².